The zero-order valence-electron chi connectivity index (χ0n) is 17.9. The normalized spacial score (nSPS) is 11.6. The number of carbonyl (C=O) groups excluding carboxylic acids is 1. The van der Waals surface area contributed by atoms with Gasteiger partial charge in [0.15, 0.2) is 0 Å². The second-order valence-corrected chi connectivity index (χ2v) is 8.10. The van der Waals surface area contributed by atoms with Gasteiger partial charge in [-0.2, -0.15) is 0 Å². The molecule has 1 heterocycles. The summed E-state index contributed by atoms with van der Waals surface area (Å²) in [4.78, 5) is 28.7. The average Bonchev–Trinajstić information content (AvgIpc) is 2.86. The number of carboxylic acids is 1. The summed E-state index contributed by atoms with van der Waals surface area (Å²) in [6.07, 6.45) is 1.54. The van der Waals surface area contributed by atoms with E-state index in [9.17, 15) is 19.1 Å². The lowest BCUT2D eigenvalue weighted by molar-refractivity contribution is -0.139. The molecule has 1 unspecified atom stereocenters. The Hall–Kier alpha value is -4.03. The van der Waals surface area contributed by atoms with Crippen LogP contribution in [0.25, 0.3) is 22.3 Å². The van der Waals surface area contributed by atoms with Crippen LogP contribution < -0.4 is 5.32 Å². The molecule has 1 atom stereocenters. The number of nitrogens with zero attached hydrogens (tertiary/aromatic N) is 1. The summed E-state index contributed by atoms with van der Waals surface area (Å²) in [7, 11) is 0. The zero-order valence-corrected chi connectivity index (χ0v) is 18.7. The first-order valence-corrected chi connectivity index (χ1v) is 10.9. The van der Waals surface area contributed by atoms with Crippen LogP contribution in [-0.2, 0) is 11.2 Å². The predicted octanol–water partition coefficient (Wildman–Crippen LogP) is 5.63. The first-order valence-electron chi connectivity index (χ1n) is 10.5. The molecule has 0 saturated heterocycles. The molecule has 4 aromatic rings. The number of pyridine rings is 1. The van der Waals surface area contributed by atoms with Gasteiger partial charge in [0.25, 0.3) is 5.91 Å². The Bertz CT molecular complexity index is 1330. The van der Waals surface area contributed by atoms with Crippen LogP contribution >= 0.6 is 11.6 Å². The van der Waals surface area contributed by atoms with Gasteiger partial charge in [0, 0.05) is 12.6 Å². The van der Waals surface area contributed by atoms with E-state index in [1.54, 1.807) is 6.07 Å². The monoisotopic (exact) mass is 474 g/mol. The van der Waals surface area contributed by atoms with Gasteiger partial charge in [-0.15, -0.1) is 0 Å². The molecule has 1 aromatic heterocycles. The lowest BCUT2D eigenvalue weighted by atomic mass is 10.0. The topological polar surface area (TPSA) is 79.3 Å². The number of benzene rings is 3. The van der Waals surface area contributed by atoms with Gasteiger partial charge in [-0.05, 0) is 52.1 Å². The molecule has 2 N–H and O–H groups in total. The molecule has 170 valence electrons. The van der Waals surface area contributed by atoms with Crippen molar-refractivity contribution in [3.8, 4) is 22.3 Å². The van der Waals surface area contributed by atoms with E-state index in [1.165, 1.54) is 30.5 Å². The number of aromatic nitrogens is 1. The van der Waals surface area contributed by atoms with Crippen molar-refractivity contribution in [3.63, 3.8) is 0 Å². The van der Waals surface area contributed by atoms with Crippen molar-refractivity contribution in [2.75, 3.05) is 0 Å². The van der Waals surface area contributed by atoms with E-state index in [0.717, 1.165) is 16.7 Å². The van der Waals surface area contributed by atoms with Crippen molar-refractivity contribution in [1.82, 2.24) is 10.3 Å². The molecular weight excluding hydrogens is 455 g/mol. The molecule has 5 nitrogen and oxygen atoms in total. The van der Waals surface area contributed by atoms with Crippen molar-refractivity contribution >= 4 is 23.5 Å². The van der Waals surface area contributed by atoms with Crippen molar-refractivity contribution < 1.29 is 19.1 Å². The standard InChI is InChI=1S/C27H20ClFN2O3/c28-22-15-20(10-11-23(22)29)21-12-13-30-24(16-21)26(32)31-25(27(33)34)14-17-6-8-19(9-7-17)18-4-2-1-3-5-18/h1-13,15-16,25H,14H2,(H,31,32)(H,33,34). The Labute approximate surface area is 200 Å². The maximum Gasteiger partial charge on any atom is 0.326 e. The number of rotatable bonds is 7. The second-order valence-electron chi connectivity index (χ2n) is 7.69. The third-order valence-corrected chi connectivity index (χ3v) is 5.64. The van der Waals surface area contributed by atoms with Gasteiger partial charge in [0.1, 0.15) is 17.6 Å². The van der Waals surface area contributed by atoms with E-state index in [1.807, 2.05) is 54.6 Å². The van der Waals surface area contributed by atoms with Crippen molar-refractivity contribution in [2.45, 2.75) is 12.5 Å². The number of hydrogen-bond acceptors (Lipinski definition) is 3. The number of carboxylic acid groups (broad SMARTS) is 1. The van der Waals surface area contributed by atoms with Crippen LogP contribution in [0, 0.1) is 5.82 Å². The average molecular weight is 475 g/mol. The van der Waals surface area contributed by atoms with Gasteiger partial charge in [-0.1, -0.05) is 72.3 Å². The second kappa shape index (κ2) is 10.3. The minimum Gasteiger partial charge on any atom is -0.480 e. The van der Waals surface area contributed by atoms with Gasteiger partial charge >= 0.3 is 5.97 Å². The third-order valence-electron chi connectivity index (χ3n) is 5.35. The van der Waals surface area contributed by atoms with E-state index in [4.69, 9.17) is 11.6 Å². The predicted molar refractivity (Wildman–Crippen MR) is 129 cm³/mol. The Morgan fingerprint density at radius 1 is 0.882 bits per heavy atom. The summed E-state index contributed by atoms with van der Waals surface area (Å²) >= 11 is 5.86. The van der Waals surface area contributed by atoms with Crippen LogP contribution in [0.5, 0.6) is 0 Å². The molecule has 0 spiro atoms. The fourth-order valence-electron chi connectivity index (χ4n) is 3.54. The maximum absolute atomic E-state index is 13.5. The lowest BCUT2D eigenvalue weighted by Crippen LogP contribution is -2.42. The van der Waals surface area contributed by atoms with Gasteiger partial charge in [-0.3, -0.25) is 9.78 Å². The van der Waals surface area contributed by atoms with E-state index in [2.05, 4.69) is 10.3 Å². The minimum atomic E-state index is -1.15. The first kappa shape index (κ1) is 23.1. The quantitative estimate of drug-likeness (QED) is 0.363. The smallest absolute Gasteiger partial charge is 0.326 e. The summed E-state index contributed by atoms with van der Waals surface area (Å²) in [6, 6.07) is 23.6. The number of hydrogen-bond donors (Lipinski definition) is 2. The third kappa shape index (κ3) is 5.47. The van der Waals surface area contributed by atoms with Crippen LogP contribution in [0.4, 0.5) is 4.39 Å². The van der Waals surface area contributed by atoms with E-state index in [0.29, 0.717) is 11.1 Å². The largest absolute Gasteiger partial charge is 0.480 e. The molecule has 3 aromatic carbocycles. The molecule has 0 radical (unpaired) electrons. The molecule has 0 aliphatic rings. The Kier molecular flexibility index (Phi) is 6.99. The van der Waals surface area contributed by atoms with Crippen LogP contribution in [-0.4, -0.2) is 28.0 Å². The number of nitrogens with one attached hydrogen (secondary N) is 1. The molecule has 4 rings (SSSR count). The van der Waals surface area contributed by atoms with Crippen molar-refractivity contribution in [2.24, 2.45) is 0 Å². The highest BCUT2D eigenvalue weighted by atomic mass is 35.5. The first-order chi connectivity index (χ1) is 16.4. The van der Waals surface area contributed by atoms with Crippen molar-refractivity contribution in [3.05, 3.63) is 113 Å². The highest BCUT2D eigenvalue weighted by Gasteiger charge is 2.22. The highest BCUT2D eigenvalue weighted by Crippen LogP contribution is 2.25. The van der Waals surface area contributed by atoms with Crippen LogP contribution in [0.15, 0.2) is 91.1 Å². The van der Waals surface area contributed by atoms with Gasteiger partial charge in [0.2, 0.25) is 0 Å². The lowest BCUT2D eigenvalue weighted by Gasteiger charge is -2.15. The maximum atomic E-state index is 13.5. The van der Waals surface area contributed by atoms with Gasteiger partial charge in [-0.25, -0.2) is 9.18 Å². The Morgan fingerprint density at radius 2 is 1.53 bits per heavy atom. The van der Waals surface area contributed by atoms with Crippen LogP contribution in [0.1, 0.15) is 16.1 Å². The number of aliphatic carboxylic acids is 1. The molecule has 0 aliphatic carbocycles. The Balaban J connectivity index is 1.48. The number of carbonyl (C=O) groups is 2. The molecule has 1 amide bonds. The molecular formula is C27H20ClFN2O3. The SMILES string of the molecule is O=C(NC(Cc1ccc(-c2ccccc2)cc1)C(=O)O)c1cc(-c2ccc(F)c(Cl)c2)ccn1. The zero-order chi connectivity index (χ0) is 24.1. The highest BCUT2D eigenvalue weighted by molar-refractivity contribution is 6.31. The van der Waals surface area contributed by atoms with Gasteiger partial charge in [0.05, 0.1) is 5.02 Å². The molecule has 0 aliphatic heterocycles. The molecule has 7 heteroatoms. The summed E-state index contributed by atoms with van der Waals surface area (Å²) in [5.74, 6) is -2.32. The molecule has 34 heavy (non-hydrogen) atoms. The number of amides is 1. The van der Waals surface area contributed by atoms with Gasteiger partial charge < -0.3 is 10.4 Å². The van der Waals surface area contributed by atoms with Crippen LogP contribution in [0.3, 0.4) is 0 Å². The summed E-state index contributed by atoms with van der Waals surface area (Å²) in [5, 5.41) is 12.2. The van der Waals surface area contributed by atoms with E-state index in [-0.39, 0.29) is 17.1 Å². The summed E-state index contributed by atoms with van der Waals surface area (Å²) < 4.78 is 13.5. The minimum absolute atomic E-state index is 0.0375. The summed E-state index contributed by atoms with van der Waals surface area (Å²) in [5.41, 5.74) is 4.10. The molecule has 0 saturated carbocycles. The number of halogens is 2. The fraction of sp³-hybridized carbons (Fsp3) is 0.0741. The van der Waals surface area contributed by atoms with Crippen molar-refractivity contribution in [1.29, 1.82) is 0 Å². The van der Waals surface area contributed by atoms with Crippen LogP contribution in [0.2, 0.25) is 5.02 Å². The van der Waals surface area contributed by atoms with E-state index >= 15 is 0 Å². The Morgan fingerprint density at radius 3 is 2.21 bits per heavy atom. The molecule has 0 bridgehead atoms. The fourth-order valence-corrected chi connectivity index (χ4v) is 3.72. The molecule has 0 fully saturated rings. The summed E-state index contributed by atoms with van der Waals surface area (Å²) in [6.45, 7) is 0. The van der Waals surface area contributed by atoms with E-state index < -0.39 is 23.7 Å².